The first-order valence-electron chi connectivity index (χ1n) is 11.9. The summed E-state index contributed by atoms with van der Waals surface area (Å²) in [6.45, 7) is 2.99. The Hall–Kier alpha value is -0.770. The zero-order valence-corrected chi connectivity index (χ0v) is 19.2. The van der Waals surface area contributed by atoms with Gasteiger partial charge in [0.05, 0.1) is 0 Å². The summed E-state index contributed by atoms with van der Waals surface area (Å²) in [6.07, 6.45) is 21.6. The van der Waals surface area contributed by atoms with Crippen LogP contribution in [0.2, 0.25) is 0 Å². The van der Waals surface area contributed by atoms with Crippen LogP contribution in [-0.2, 0) is 6.54 Å². The van der Waals surface area contributed by atoms with Gasteiger partial charge in [0.25, 0.3) is 0 Å². The lowest BCUT2D eigenvalue weighted by Crippen LogP contribution is -1.96. The van der Waals surface area contributed by atoms with Crippen molar-refractivity contribution in [1.29, 1.82) is 0 Å². The second kappa shape index (κ2) is 18.3. The molecule has 1 aromatic rings. The first kappa shape index (κ1) is 25.3. The van der Waals surface area contributed by atoms with E-state index in [9.17, 15) is 10.2 Å². The lowest BCUT2D eigenvalue weighted by molar-refractivity contribution is 0.361. The first-order chi connectivity index (χ1) is 13.8. The minimum absolute atomic E-state index is 0.165. The summed E-state index contributed by atoms with van der Waals surface area (Å²) < 4.78 is 1.57. The van der Waals surface area contributed by atoms with Crippen molar-refractivity contribution in [2.24, 2.45) is 0 Å². The van der Waals surface area contributed by atoms with E-state index in [2.05, 4.69) is 18.7 Å². The Labute approximate surface area is 178 Å². The van der Waals surface area contributed by atoms with Gasteiger partial charge in [0.15, 0.2) is 11.8 Å². The molecule has 0 atom stereocenters. The van der Waals surface area contributed by atoms with Crippen LogP contribution in [-0.4, -0.2) is 26.3 Å². The zero-order chi connectivity index (χ0) is 20.3. The van der Waals surface area contributed by atoms with Crippen molar-refractivity contribution in [3.63, 3.8) is 0 Å². The minimum atomic E-state index is 0.165. The highest BCUT2D eigenvalue weighted by Crippen LogP contribution is 2.22. The predicted octanol–water partition coefficient (Wildman–Crippen LogP) is 7.89. The molecule has 3 nitrogen and oxygen atoms in total. The smallest absolute Gasteiger partial charge is 0.193 e. The van der Waals surface area contributed by atoms with E-state index in [1.807, 2.05) is 0 Å². The second-order valence-corrected chi connectivity index (χ2v) is 9.34. The average Bonchev–Trinajstić information content (AvgIpc) is 3.01. The molecule has 1 heterocycles. The molecule has 0 saturated carbocycles. The molecule has 2 N–H and O–H groups in total. The molecule has 0 aromatic carbocycles. The number of aromatic hydroxyl groups is 2. The van der Waals surface area contributed by atoms with Crippen LogP contribution >= 0.6 is 11.8 Å². The van der Waals surface area contributed by atoms with Crippen molar-refractivity contribution in [2.75, 3.05) is 11.5 Å². The van der Waals surface area contributed by atoms with Gasteiger partial charge in [-0.1, -0.05) is 90.4 Å². The van der Waals surface area contributed by atoms with Crippen LogP contribution in [0.3, 0.4) is 0 Å². The van der Waals surface area contributed by atoms with E-state index in [1.165, 1.54) is 108 Å². The molecule has 0 spiro atoms. The molecule has 164 valence electrons. The lowest BCUT2D eigenvalue weighted by atomic mass is 10.1. The summed E-state index contributed by atoms with van der Waals surface area (Å²) in [4.78, 5) is 0. The summed E-state index contributed by atoms with van der Waals surface area (Å²) in [5.74, 6) is 3.04. The van der Waals surface area contributed by atoms with E-state index in [4.69, 9.17) is 0 Å². The number of thioether (sulfide) groups is 1. The fourth-order valence-corrected chi connectivity index (χ4v) is 4.67. The normalized spacial score (nSPS) is 11.3. The standard InChI is InChI=1S/C24H45NO2S/c1-2-3-4-5-6-10-13-16-21-28-22-17-14-11-8-7-9-12-15-20-25-23(26)18-19-24(25)27/h18-19,26-27H,2-17,20-22H2,1H3. The van der Waals surface area contributed by atoms with Gasteiger partial charge in [0.2, 0.25) is 0 Å². The number of aromatic nitrogens is 1. The summed E-state index contributed by atoms with van der Waals surface area (Å²) in [5.41, 5.74) is 0. The van der Waals surface area contributed by atoms with Gasteiger partial charge in [0.1, 0.15) is 0 Å². The van der Waals surface area contributed by atoms with Crippen molar-refractivity contribution in [1.82, 2.24) is 4.57 Å². The number of unbranched alkanes of at least 4 members (excludes halogenated alkanes) is 14. The number of rotatable bonds is 20. The highest BCUT2D eigenvalue weighted by molar-refractivity contribution is 7.99. The van der Waals surface area contributed by atoms with Crippen molar-refractivity contribution in [3.05, 3.63) is 12.1 Å². The molecule has 0 saturated heterocycles. The third-order valence-corrected chi connectivity index (χ3v) is 6.65. The van der Waals surface area contributed by atoms with Gasteiger partial charge in [0, 0.05) is 18.7 Å². The van der Waals surface area contributed by atoms with Crippen molar-refractivity contribution >= 4 is 11.8 Å². The van der Waals surface area contributed by atoms with Crippen LogP contribution in [0.25, 0.3) is 0 Å². The molecule has 0 radical (unpaired) electrons. The first-order valence-corrected chi connectivity index (χ1v) is 13.1. The maximum atomic E-state index is 9.58. The molecule has 0 aliphatic rings. The van der Waals surface area contributed by atoms with Gasteiger partial charge < -0.3 is 10.2 Å². The average molecular weight is 412 g/mol. The fraction of sp³-hybridized carbons (Fsp3) is 0.833. The summed E-state index contributed by atoms with van der Waals surface area (Å²) in [5, 5.41) is 19.2. The predicted molar refractivity (Wildman–Crippen MR) is 125 cm³/mol. The van der Waals surface area contributed by atoms with Crippen LogP contribution in [0, 0.1) is 0 Å². The van der Waals surface area contributed by atoms with Crippen LogP contribution in [0.5, 0.6) is 11.8 Å². The molecule has 0 unspecified atom stereocenters. The van der Waals surface area contributed by atoms with Gasteiger partial charge in [-0.05, 0) is 30.8 Å². The molecule has 4 heteroatoms. The molecular formula is C24H45NO2S. The Bertz CT molecular complexity index is 442. The van der Waals surface area contributed by atoms with E-state index >= 15 is 0 Å². The summed E-state index contributed by atoms with van der Waals surface area (Å²) in [7, 11) is 0. The van der Waals surface area contributed by atoms with Crippen LogP contribution in [0.1, 0.15) is 110 Å². The highest BCUT2D eigenvalue weighted by Gasteiger charge is 2.04. The van der Waals surface area contributed by atoms with Gasteiger partial charge in [-0.3, -0.25) is 4.57 Å². The third kappa shape index (κ3) is 13.4. The van der Waals surface area contributed by atoms with Crippen molar-refractivity contribution < 1.29 is 10.2 Å². The monoisotopic (exact) mass is 411 g/mol. The van der Waals surface area contributed by atoms with Gasteiger partial charge in [-0.2, -0.15) is 11.8 Å². The Morgan fingerprint density at radius 1 is 0.607 bits per heavy atom. The summed E-state index contributed by atoms with van der Waals surface area (Å²) >= 11 is 2.16. The second-order valence-electron chi connectivity index (χ2n) is 8.12. The van der Waals surface area contributed by atoms with Crippen molar-refractivity contribution in [3.8, 4) is 11.8 Å². The largest absolute Gasteiger partial charge is 0.494 e. The van der Waals surface area contributed by atoms with Crippen LogP contribution < -0.4 is 0 Å². The molecule has 0 fully saturated rings. The molecule has 0 amide bonds. The van der Waals surface area contributed by atoms with E-state index in [0.29, 0.717) is 6.54 Å². The maximum Gasteiger partial charge on any atom is 0.193 e. The van der Waals surface area contributed by atoms with Gasteiger partial charge in [-0.25, -0.2) is 0 Å². The molecular weight excluding hydrogens is 366 g/mol. The van der Waals surface area contributed by atoms with Crippen LogP contribution in [0.15, 0.2) is 12.1 Å². The van der Waals surface area contributed by atoms with Gasteiger partial charge >= 0.3 is 0 Å². The Morgan fingerprint density at radius 2 is 1.00 bits per heavy atom. The Kier molecular flexibility index (Phi) is 16.5. The Balaban J connectivity index is 1.72. The lowest BCUT2D eigenvalue weighted by Gasteiger charge is -2.06. The maximum absolute atomic E-state index is 9.58. The number of hydrogen-bond acceptors (Lipinski definition) is 3. The van der Waals surface area contributed by atoms with Gasteiger partial charge in [-0.15, -0.1) is 0 Å². The van der Waals surface area contributed by atoms with E-state index in [0.717, 1.165) is 6.42 Å². The molecule has 1 rings (SSSR count). The van der Waals surface area contributed by atoms with E-state index < -0.39 is 0 Å². The molecule has 28 heavy (non-hydrogen) atoms. The zero-order valence-electron chi connectivity index (χ0n) is 18.3. The quantitative estimate of drug-likeness (QED) is 0.214. The van der Waals surface area contributed by atoms with E-state index in [-0.39, 0.29) is 11.8 Å². The fourth-order valence-electron chi connectivity index (χ4n) is 3.65. The van der Waals surface area contributed by atoms with Crippen molar-refractivity contribution in [2.45, 2.75) is 116 Å². The number of nitrogens with zero attached hydrogens (tertiary/aromatic N) is 1. The molecule has 0 bridgehead atoms. The Morgan fingerprint density at radius 3 is 1.46 bits per heavy atom. The third-order valence-electron chi connectivity index (χ3n) is 5.50. The molecule has 0 aliphatic carbocycles. The highest BCUT2D eigenvalue weighted by atomic mass is 32.2. The molecule has 0 aliphatic heterocycles. The molecule has 1 aromatic heterocycles. The SMILES string of the molecule is CCCCCCCCCCSCCCCCCCCCCn1c(O)ccc1O. The summed E-state index contributed by atoms with van der Waals surface area (Å²) in [6, 6.07) is 3.09. The van der Waals surface area contributed by atoms with Crippen LogP contribution in [0.4, 0.5) is 0 Å². The minimum Gasteiger partial charge on any atom is -0.494 e. The topological polar surface area (TPSA) is 45.4 Å². The van der Waals surface area contributed by atoms with E-state index in [1.54, 1.807) is 16.7 Å². The number of hydrogen-bond donors (Lipinski definition) is 2.